The number of para-hydroxylation sites is 1. The molecule has 2 aromatic carbocycles. The molecule has 146 valence electrons. The predicted molar refractivity (Wildman–Crippen MR) is 109 cm³/mol. The zero-order valence-electron chi connectivity index (χ0n) is 16.4. The lowest BCUT2D eigenvalue weighted by Crippen LogP contribution is -2.31. The van der Waals surface area contributed by atoms with Gasteiger partial charge in [-0.3, -0.25) is 4.79 Å². The van der Waals surface area contributed by atoms with E-state index in [1.165, 1.54) is 0 Å². The molecular weight excluding hydrogens is 362 g/mol. The first-order valence-electron chi connectivity index (χ1n) is 9.37. The van der Waals surface area contributed by atoms with Crippen LogP contribution in [0, 0.1) is 0 Å². The van der Waals surface area contributed by atoms with Gasteiger partial charge in [0, 0.05) is 18.2 Å². The third-order valence-electron chi connectivity index (χ3n) is 4.23. The molecule has 2 aromatic rings. The van der Waals surface area contributed by atoms with E-state index < -0.39 is 6.10 Å². The maximum atomic E-state index is 12.5. The number of carbonyl (C=O) groups is 1. The molecule has 4 nitrogen and oxygen atoms in total. The van der Waals surface area contributed by atoms with Crippen molar-refractivity contribution in [3.63, 3.8) is 0 Å². The van der Waals surface area contributed by atoms with Crippen molar-refractivity contribution in [3.05, 3.63) is 64.2 Å². The van der Waals surface area contributed by atoms with Gasteiger partial charge in [0.15, 0.2) is 6.10 Å². The Labute approximate surface area is 166 Å². The van der Waals surface area contributed by atoms with Crippen LogP contribution >= 0.6 is 11.6 Å². The molecule has 5 heteroatoms. The minimum atomic E-state index is -0.689. The number of rotatable bonds is 9. The number of halogens is 1. The topological polar surface area (TPSA) is 47.6 Å². The quantitative estimate of drug-likeness (QED) is 0.636. The second-order valence-electron chi connectivity index (χ2n) is 6.55. The first-order valence-corrected chi connectivity index (χ1v) is 9.75. The lowest BCUT2D eigenvalue weighted by atomic mass is 10.0. The monoisotopic (exact) mass is 389 g/mol. The Bertz CT molecular complexity index is 761. The van der Waals surface area contributed by atoms with Gasteiger partial charge in [-0.25, -0.2) is 0 Å². The summed E-state index contributed by atoms with van der Waals surface area (Å²) in [5.41, 5.74) is 2.76. The normalized spacial score (nSPS) is 12.1. The van der Waals surface area contributed by atoms with Gasteiger partial charge in [-0.1, -0.05) is 49.7 Å². The van der Waals surface area contributed by atoms with Crippen molar-refractivity contribution in [1.82, 2.24) is 5.32 Å². The van der Waals surface area contributed by atoms with E-state index in [-0.39, 0.29) is 5.91 Å². The average molecular weight is 390 g/mol. The van der Waals surface area contributed by atoms with Crippen molar-refractivity contribution >= 4 is 17.5 Å². The van der Waals surface area contributed by atoms with Crippen molar-refractivity contribution in [2.24, 2.45) is 0 Å². The molecule has 1 N–H and O–H groups in total. The molecule has 2 rings (SSSR count). The standard InChI is InChI=1S/C22H28ClNO3/c1-5-24-22(25)21(26-6-2)19-12-11-17(23)13-16(19)14-27-20-10-8-7-9-18(20)15(3)4/h7-13,15,21H,5-6,14H2,1-4H3,(H,24,25). The van der Waals surface area contributed by atoms with E-state index in [2.05, 4.69) is 25.2 Å². The van der Waals surface area contributed by atoms with Gasteiger partial charge in [-0.15, -0.1) is 0 Å². The molecule has 0 heterocycles. The van der Waals surface area contributed by atoms with Crippen LogP contribution in [0.15, 0.2) is 42.5 Å². The molecule has 0 aliphatic carbocycles. The van der Waals surface area contributed by atoms with Gasteiger partial charge in [0.1, 0.15) is 12.4 Å². The van der Waals surface area contributed by atoms with Crippen LogP contribution in [-0.4, -0.2) is 19.1 Å². The largest absolute Gasteiger partial charge is 0.489 e. The summed E-state index contributed by atoms with van der Waals surface area (Å²) >= 11 is 6.21. The second-order valence-corrected chi connectivity index (χ2v) is 6.99. The van der Waals surface area contributed by atoms with Crippen LogP contribution in [0.25, 0.3) is 0 Å². The Balaban J connectivity index is 2.31. The second kappa shape index (κ2) is 10.3. The smallest absolute Gasteiger partial charge is 0.253 e. The van der Waals surface area contributed by atoms with Crippen molar-refractivity contribution in [2.75, 3.05) is 13.2 Å². The van der Waals surface area contributed by atoms with E-state index in [4.69, 9.17) is 21.1 Å². The van der Waals surface area contributed by atoms with Gasteiger partial charge in [-0.2, -0.15) is 0 Å². The number of nitrogens with one attached hydrogen (secondary N) is 1. The number of hydrogen-bond donors (Lipinski definition) is 1. The number of carbonyl (C=O) groups excluding carboxylic acids is 1. The van der Waals surface area contributed by atoms with Crippen LogP contribution in [0.4, 0.5) is 0 Å². The fourth-order valence-corrected chi connectivity index (χ4v) is 3.13. The third-order valence-corrected chi connectivity index (χ3v) is 4.47. The van der Waals surface area contributed by atoms with Gasteiger partial charge in [0.05, 0.1) is 0 Å². The Morgan fingerprint density at radius 3 is 2.52 bits per heavy atom. The molecule has 1 atom stereocenters. The molecule has 1 unspecified atom stereocenters. The Morgan fingerprint density at radius 1 is 1.11 bits per heavy atom. The number of ether oxygens (including phenoxy) is 2. The van der Waals surface area contributed by atoms with Crippen LogP contribution in [-0.2, 0) is 16.1 Å². The highest BCUT2D eigenvalue weighted by atomic mass is 35.5. The minimum Gasteiger partial charge on any atom is -0.489 e. The zero-order chi connectivity index (χ0) is 19.8. The molecule has 0 radical (unpaired) electrons. The molecule has 1 amide bonds. The first kappa shape index (κ1) is 21.3. The molecule has 0 aliphatic rings. The third kappa shape index (κ3) is 5.72. The van der Waals surface area contributed by atoms with Crippen LogP contribution < -0.4 is 10.1 Å². The van der Waals surface area contributed by atoms with Crippen LogP contribution in [0.5, 0.6) is 5.75 Å². The number of amides is 1. The van der Waals surface area contributed by atoms with E-state index in [0.29, 0.717) is 30.7 Å². The molecule has 0 aromatic heterocycles. The fraction of sp³-hybridized carbons (Fsp3) is 0.409. The Hall–Kier alpha value is -2.04. The molecule has 0 aliphatic heterocycles. The summed E-state index contributed by atoms with van der Waals surface area (Å²) in [4.78, 5) is 12.5. The van der Waals surface area contributed by atoms with Crippen molar-refractivity contribution < 1.29 is 14.3 Å². The van der Waals surface area contributed by atoms with Crippen molar-refractivity contribution in [3.8, 4) is 5.75 Å². The zero-order valence-corrected chi connectivity index (χ0v) is 17.2. The Morgan fingerprint density at radius 2 is 1.85 bits per heavy atom. The molecule has 27 heavy (non-hydrogen) atoms. The molecular formula is C22H28ClNO3. The summed E-state index contributed by atoms with van der Waals surface area (Å²) < 4.78 is 11.8. The van der Waals surface area contributed by atoms with Gasteiger partial charge >= 0.3 is 0 Å². The highest BCUT2D eigenvalue weighted by molar-refractivity contribution is 6.30. The number of hydrogen-bond acceptors (Lipinski definition) is 3. The minimum absolute atomic E-state index is 0.162. The highest BCUT2D eigenvalue weighted by Crippen LogP contribution is 2.29. The van der Waals surface area contributed by atoms with Crippen LogP contribution in [0.2, 0.25) is 5.02 Å². The van der Waals surface area contributed by atoms with E-state index in [1.54, 1.807) is 6.07 Å². The van der Waals surface area contributed by atoms with Gasteiger partial charge in [-0.05, 0) is 54.7 Å². The number of likely N-dealkylation sites (N-methyl/N-ethyl adjacent to an activating group) is 1. The van der Waals surface area contributed by atoms with E-state index >= 15 is 0 Å². The fourth-order valence-electron chi connectivity index (χ4n) is 2.94. The summed E-state index contributed by atoms with van der Waals surface area (Å²) in [5.74, 6) is 1.03. The molecule has 0 fully saturated rings. The Kier molecular flexibility index (Phi) is 8.14. The van der Waals surface area contributed by atoms with E-state index in [0.717, 1.165) is 22.4 Å². The molecule has 0 saturated carbocycles. The lowest BCUT2D eigenvalue weighted by molar-refractivity contribution is -0.132. The average Bonchev–Trinajstić information content (AvgIpc) is 2.65. The lowest BCUT2D eigenvalue weighted by Gasteiger charge is -2.21. The van der Waals surface area contributed by atoms with Crippen molar-refractivity contribution in [1.29, 1.82) is 0 Å². The molecule has 0 bridgehead atoms. The maximum Gasteiger partial charge on any atom is 0.253 e. The summed E-state index contributed by atoms with van der Waals surface area (Å²) in [7, 11) is 0. The first-order chi connectivity index (χ1) is 13.0. The summed E-state index contributed by atoms with van der Waals surface area (Å²) in [6, 6.07) is 13.4. The summed E-state index contributed by atoms with van der Waals surface area (Å²) in [6.45, 7) is 9.31. The maximum absolute atomic E-state index is 12.5. The van der Waals surface area contributed by atoms with Gasteiger partial charge in [0.2, 0.25) is 0 Å². The molecule has 0 saturated heterocycles. The molecule has 0 spiro atoms. The van der Waals surface area contributed by atoms with E-state index in [9.17, 15) is 4.79 Å². The summed E-state index contributed by atoms with van der Waals surface area (Å²) in [5, 5.41) is 3.43. The summed E-state index contributed by atoms with van der Waals surface area (Å²) in [6.07, 6.45) is -0.689. The van der Waals surface area contributed by atoms with Gasteiger partial charge in [0.25, 0.3) is 5.91 Å². The van der Waals surface area contributed by atoms with E-state index in [1.807, 2.05) is 44.2 Å². The van der Waals surface area contributed by atoms with Crippen LogP contribution in [0.3, 0.4) is 0 Å². The van der Waals surface area contributed by atoms with Crippen LogP contribution in [0.1, 0.15) is 56.4 Å². The highest BCUT2D eigenvalue weighted by Gasteiger charge is 2.24. The number of benzene rings is 2. The van der Waals surface area contributed by atoms with Crippen molar-refractivity contribution in [2.45, 2.75) is 46.3 Å². The SMILES string of the molecule is CCNC(=O)C(OCC)c1ccc(Cl)cc1COc1ccccc1C(C)C. The van der Waals surface area contributed by atoms with Gasteiger partial charge < -0.3 is 14.8 Å². The predicted octanol–water partition coefficient (Wildman–Crippen LogP) is 5.26.